The Morgan fingerprint density at radius 3 is 2.57 bits per heavy atom. The number of ether oxygens (including phenoxy) is 1. The zero-order valence-corrected chi connectivity index (χ0v) is 17.6. The van der Waals surface area contributed by atoms with E-state index in [4.69, 9.17) is 10.00 Å². The summed E-state index contributed by atoms with van der Waals surface area (Å²) < 4.78 is 5.92. The minimum Gasteiger partial charge on any atom is -0.486 e. The van der Waals surface area contributed by atoms with Crippen molar-refractivity contribution in [2.24, 2.45) is 0 Å². The standard InChI is InChI=1S/C26H25NO3/c1-17-13-18(2)24(26(29)14-17)11-12-25(28)22-9-7-21(8-10-22)19(3)30-23-6-4-5-20(15-23)16-27/h4-10,13,15,19H,11-12,14H2,1-3H3/t19-/m1/s1. The fraction of sp³-hybridized carbons (Fsp3) is 0.269. The summed E-state index contributed by atoms with van der Waals surface area (Å²) in [6, 6.07) is 16.5. The number of benzene rings is 2. The second kappa shape index (κ2) is 9.37. The zero-order chi connectivity index (χ0) is 21.7. The molecule has 1 aliphatic carbocycles. The van der Waals surface area contributed by atoms with Crippen molar-refractivity contribution in [3.05, 3.63) is 88.0 Å². The molecule has 2 aromatic rings. The van der Waals surface area contributed by atoms with Crippen LogP contribution < -0.4 is 4.74 Å². The van der Waals surface area contributed by atoms with Crippen molar-refractivity contribution in [3.63, 3.8) is 0 Å². The Hall–Kier alpha value is -3.45. The molecule has 0 radical (unpaired) electrons. The van der Waals surface area contributed by atoms with Crippen LogP contribution in [0.5, 0.6) is 5.75 Å². The molecule has 2 aromatic carbocycles. The molecule has 0 aliphatic heterocycles. The zero-order valence-electron chi connectivity index (χ0n) is 17.6. The summed E-state index contributed by atoms with van der Waals surface area (Å²) in [7, 11) is 0. The van der Waals surface area contributed by atoms with Gasteiger partial charge in [-0.25, -0.2) is 0 Å². The highest BCUT2D eigenvalue weighted by atomic mass is 16.5. The van der Waals surface area contributed by atoms with E-state index in [1.807, 2.05) is 45.0 Å². The van der Waals surface area contributed by atoms with Crippen LogP contribution in [0.3, 0.4) is 0 Å². The maximum Gasteiger partial charge on any atom is 0.163 e. The van der Waals surface area contributed by atoms with Gasteiger partial charge < -0.3 is 4.74 Å². The second-order valence-electron chi connectivity index (χ2n) is 7.70. The summed E-state index contributed by atoms with van der Waals surface area (Å²) in [6.45, 7) is 5.81. The number of ketones is 2. The lowest BCUT2D eigenvalue weighted by atomic mass is 9.89. The van der Waals surface area contributed by atoms with Gasteiger partial charge in [0.25, 0.3) is 0 Å². The number of Topliss-reactive ketones (excluding diaryl/α,β-unsaturated/α-hetero) is 2. The highest BCUT2D eigenvalue weighted by Gasteiger charge is 2.19. The molecular weight excluding hydrogens is 374 g/mol. The second-order valence-corrected chi connectivity index (χ2v) is 7.70. The Labute approximate surface area is 177 Å². The van der Waals surface area contributed by atoms with Crippen molar-refractivity contribution in [1.82, 2.24) is 0 Å². The van der Waals surface area contributed by atoms with Gasteiger partial charge in [0.2, 0.25) is 0 Å². The van der Waals surface area contributed by atoms with Crippen LogP contribution in [0.4, 0.5) is 0 Å². The monoisotopic (exact) mass is 399 g/mol. The molecule has 0 saturated carbocycles. The van der Waals surface area contributed by atoms with Crippen LogP contribution in [0.25, 0.3) is 0 Å². The highest BCUT2D eigenvalue weighted by molar-refractivity contribution is 6.01. The number of allylic oxidation sites excluding steroid dienone is 4. The molecule has 1 atom stereocenters. The van der Waals surface area contributed by atoms with Crippen LogP contribution in [-0.2, 0) is 4.79 Å². The van der Waals surface area contributed by atoms with Crippen LogP contribution >= 0.6 is 0 Å². The largest absolute Gasteiger partial charge is 0.486 e. The average molecular weight is 399 g/mol. The minimum atomic E-state index is -0.217. The molecule has 4 heteroatoms. The first-order valence-electron chi connectivity index (χ1n) is 10.1. The average Bonchev–Trinajstić information content (AvgIpc) is 2.73. The van der Waals surface area contributed by atoms with Gasteiger partial charge in [0, 0.05) is 18.4 Å². The van der Waals surface area contributed by atoms with Gasteiger partial charge in [0.05, 0.1) is 11.6 Å². The fourth-order valence-electron chi connectivity index (χ4n) is 3.66. The molecule has 4 nitrogen and oxygen atoms in total. The van der Waals surface area contributed by atoms with Crippen LogP contribution in [0, 0.1) is 11.3 Å². The predicted molar refractivity (Wildman–Crippen MR) is 116 cm³/mol. The molecule has 0 saturated heterocycles. The Bertz CT molecular complexity index is 1070. The maximum atomic E-state index is 12.6. The first-order valence-corrected chi connectivity index (χ1v) is 10.1. The van der Waals surface area contributed by atoms with E-state index in [2.05, 4.69) is 6.07 Å². The SMILES string of the molecule is CC1=CC(C)=C(CCC(=O)c2ccc([C@@H](C)Oc3cccc(C#N)c3)cc2)C(=O)C1. The van der Waals surface area contributed by atoms with Gasteiger partial charge in [-0.3, -0.25) is 9.59 Å². The predicted octanol–water partition coefficient (Wildman–Crippen LogP) is 5.90. The Morgan fingerprint density at radius 2 is 1.90 bits per heavy atom. The summed E-state index contributed by atoms with van der Waals surface area (Å²) in [5.74, 6) is 0.782. The fourth-order valence-corrected chi connectivity index (χ4v) is 3.66. The van der Waals surface area contributed by atoms with E-state index in [0.29, 0.717) is 36.1 Å². The molecule has 0 spiro atoms. The van der Waals surface area contributed by atoms with E-state index in [-0.39, 0.29) is 17.7 Å². The lowest BCUT2D eigenvalue weighted by Gasteiger charge is -2.16. The Morgan fingerprint density at radius 1 is 1.17 bits per heavy atom. The highest BCUT2D eigenvalue weighted by Crippen LogP contribution is 2.26. The molecule has 0 unspecified atom stereocenters. The number of nitrogens with zero attached hydrogens (tertiary/aromatic N) is 1. The van der Waals surface area contributed by atoms with Crippen LogP contribution in [-0.4, -0.2) is 11.6 Å². The molecule has 0 amide bonds. The quantitative estimate of drug-likeness (QED) is 0.544. The van der Waals surface area contributed by atoms with Gasteiger partial charge in [-0.05, 0) is 62.1 Å². The summed E-state index contributed by atoms with van der Waals surface area (Å²) in [4.78, 5) is 24.8. The number of hydrogen-bond donors (Lipinski definition) is 0. The summed E-state index contributed by atoms with van der Waals surface area (Å²) in [6.07, 6.45) is 3.06. The van der Waals surface area contributed by atoms with Gasteiger partial charge >= 0.3 is 0 Å². The summed E-state index contributed by atoms with van der Waals surface area (Å²) in [5.41, 5.74) is 4.93. The van der Waals surface area contributed by atoms with Crippen molar-refractivity contribution in [3.8, 4) is 11.8 Å². The first-order chi connectivity index (χ1) is 14.4. The van der Waals surface area contributed by atoms with Crippen LogP contribution in [0.15, 0.2) is 71.3 Å². The van der Waals surface area contributed by atoms with Crippen molar-refractivity contribution in [1.29, 1.82) is 5.26 Å². The smallest absolute Gasteiger partial charge is 0.163 e. The Kier molecular flexibility index (Phi) is 6.64. The molecule has 30 heavy (non-hydrogen) atoms. The first kappa shape index (κ1) is 21.3. The molecule has 152 valence electrons. The Balaban J connectivity index is 1.62. The summed E-state index contributed by atoms with van der Waals surface area (Å²) in [5, 5.41) is 9.00. The number of carbonyl (C=O) groups is 2. The van der Waals surface area contributed by atoms with Crippen LogP contribution in [0.1, 0.15) is 67.6 Å². The third kappa shape index (κ3) is 5.12. The van der Waals surface area contributed by atoms with Crippen molar-refractivity contribution in [2.45, 2.75) is 46.1 Å². The van der Waals surface area contributed by atoms with Crippen molar-refractivity contribution in [2.75, 3.05) is 0 Å². The lowest BCUT2D eigenvalue weighted by Crippen LogP contribution is -2.11. The van der Waals surface area contributed by atoms with Crippen molar-refractivity contribution < 1.29 is 14.3 Å². The topological polar surface area (TPSA) is 67.2 Å². The van der Waals surface area contributed by atoms with Gasteiger partial charge in [-0.1, -0.05) is 42.0 Å². The molecule has 0 heterocycles. The molecule has 0 bridgehead atoms. The molecule has 0 aromatic heterocycles. The van der Waals surface area contributed by atoms with Gasteiger partial charge in [-0.15, -0.1) is 0 Å². The normalized spacial score (nSPS) is 14.7. The number of hydrogen-bond acceptors (Lipinski definition) is 4. The van der Waals surface area contributed by atoms with E-state index in [1.165, 1.54) is 0 Å². The van der Waals surface area contributed by atoms with Crippen molar-refractivity contribution >= 4 is 11.6 Å². The van der Waals surface area contributed by atoms with Gasteiger partial charge in [0.1, 0.15) is 11.9 Å². The third-order valence-electron chi connectivity index (χ3n) is 5.30. The van der Waals surface area contributed by atoms with Gasteiger partial charge in [-0.2, -0.15) is 5.26 Å². The lowest BCUT2D eigenvalue weighted by molar-refractivity contribution is -0.115. The molecule has 3 rings (SSSR count). The molecule has 1 aliphatic rings. The van der Waals surface area contributed by atoms with Crippen LogP contribution in [0.2, 0.25) is 0 Å². The molecule has 0 fully saturated rings. The third-order valence-corrected chi connectivity index (χ3v) is 5.30. The maximum absolute atomic E-state index is 12.6. The van der Waals surface area contributed by atoms with E-state index in [1.54, 1.807) is 30.3 Å². The minimum absolute atomic E-state index is 0.0243. The number of rotatable bonds is 7. The van der Waals surface area contributed by atoms with E-state index >= 15 is 0 Å². The van der Waals surface area contributed by atoms with E-state index in [9.17, 15) is 9.59 Å². The van der Waals surface area contributed by atoms with Gasteiger partial charge in [0.15, 0.2) is 11.6 Å². The number of nitriles is 1. The summed E-state index contributed by atoms with van der Waals surface area (Å²) >= 11 is 0. The molecular formula is C26H25NO3. The molecule has 0 N–H and O–H groups in total. The number of carbonyl (C=O) groups excluding carboxylic acids is 2. The van der Waals surface area contributed by atoms with E-state index in [0.717, 1.165) is 22.3 Å². The van der Waals surface area contributed by atoms with E-state index < -0.39 is 0 Å².